The third-order valence-corrected chi connectivity index (χ3v) is 1.65. The van der Waals surface area contributed by atoms with Crippen LogP contribution in [0.4, 0.5) is 4.79 Å². The summed E-state index contributed by atoms with van der Waals surface area (Å²) in [7, 11) is 0. The van der Waals surface area contributed by atoms with Gasteiger partial charge < -0.3 is 20.3 Å². The Labute approximate surface area is 64.0 Å². The molecule has 1 atom stereocenters. The Balaban J connectivity index is 2.28. The summed E-state index contributed by atoms with van der Waals surface area (Å²) in [6, 6.07) is 0. The van der Waals surface area contributed by atoms with Gasteiger partial charge in [-0.05, 0) is 0 Å². The summed E-state index contributed by atoms with van der Waals surface area (Å²) in [5, 5.41) is 19.8. The molecule has 1 amide bonds. The topological polar surface area (TPSA) is 78.8 Å². The fraction of sp³-hybridized carbons (Fsp3) is 0.833. The van der Waals surface area contributed by atoms with Crippen LogP contribution in [-0.2, 0) is 4.74 Å². The third-order valence-electron chi connectivity index (χ3n) is 1.65. The molecule has 5 nitrogen and oxygen atoms in total. The molecule has 0 aromatic rings. The molecule has 0 aromatic carbocycles. The van der Waals surface area contributed by atoms with Crippen molar-refractivity contribution in [3.05, 3.63) is 0 Å². The van der Waals surface area contributed by atoms with E-state index in [9.17, 15) is 9.90 Å². The lowest BCUT2D eigenvalue weighted by molar-refractivity contribution is 0.0275. The summed E-state index contributed by atoms with van der Waals surface area (Å²) in [5.41, 5.74) is -0.988. The number of hydrogen-bond donors (Lipinski definition) is 3. The predicted molar refractivity (Wildman–Crippen MR) is 36.4 cm³/mol. The zero-order valence-electron chi connectivity index (χ0n) is 6.04. The van der Waals surface area contributed by atoms with Gasteiger partial charge in [0.05, 0.1) is 13.2 Å². The van der Waals surface area contributed by atoms with E-state index >= 15 is 0 Å². The number of carbonyl (C=O) groups is 1. The van der Waals surface area contributed by atoms with Gasteiger partial charge in [0.15, 0.2) is 0 Å². The van der Waals surface area contributed by atoms with Crippen molar-refractivity contribution >= 4 is 6.09 Å². The number of rotatable bonds is 2. The molecule has 1 saturated heterocycles. The van der Waals surface area contributed by atoms with Crippen molar-refractivity contribution in [3.8, 4) is 0 Å². The van der Waals surface area contributed by atoms with Crippen LogP contribution in [0, 0.1) is 0 Å². The van der Waals surface area contributed by atoms with E-state index in [2.05, 4.69) is 5.32 Å². The lowest BCUT2D eigenvalue weighted by Crippen LogP contribution is -2.42. The van der Waals surface area contributed by atoms with E-state index in [1.807, 2.05) is 0 Å². The first-order valence-corrected chi connectivity index (χ1v) is 3.39. The highest BCUT2D eigenvalue weighted by atomic mass is 16.5. The molecule has 3 N–H and O–H groups in total. The monoisotopic (exact) mass is 161 g/mol. The zero-order chi connectivity index (χ0) is 8.32. The molecule has 11 heavy (non-hydrogen) atoms. The lowest BCUT2D eigenvalue weighted by Gasteiger charge is -2.19. The van der Waals surface area contributed by atoms with Crippen LogP contribution in [-0.4, -0.2) is 41.7 Å². The summed E-state index contributed by atoms with van der Waals surface area (Å²) in [5.74, 6) is 0. The Bertz CT molecular complexity index is 153. The molecular weight excluding hydrogens is 150 g/mol. The minimum atomic E-state index is -1.12. The van der Waals surface area contributed by atoms with E-state index in [0.717, 1.165) is 0 Å². The van der Waals surface area contributed by atoms with Crippen molar-refractivity contribution < 1.29 is 19.7 Å². The minimum Gasteiger partial charge on any atom is -0.465 e. The fourth-order valence-corrected chi connectivity index (χ4v) is 0.976. The summed E-state index contributed by atoms with van der Waals surface area (Å²) in [4.78, 5) is 10.0. The van der Waals surface area contributed by atoms with Crippen LogP contribution < -0.4 is 5.32 Å². The van der Waals surface area contributed by atoms with E-state index in [0.29, 0.717) is 13.0 Å². The van der Waals surface area contributed by atoms with E-state index in [1.165, 1.54) is 0 Å². The average molecular weight is 161 g/mol. The molecule has 5 heteroatoms. The summed E-state index contributed by atoms with van der Waals surface area (Å²) in [6.45, 7) is 0.757. The predicted octanol–water partition coefficient (Wildman–Crippen LogP) is -0.595. The Morgan fingerprint density at radius 2 is 2.45 bits per heavy atom. The van der Waals surface area contributed by atoms with Crippen molar-refractivity contribution in [2.45, 2.75) is 12.0 Å². The van der Waals surface area contributed by atoms with Crippen LogP contribution in [0.25, 0.3) is 0 Å². The molecule has 1 rings (SSSR count). The second-order valence-corrected chi connectivity index (χ2v) is 2.69. The summed E-state index contributed by atoms with van der Waals surface area (Å²) >= 11 is 0. The van der Waals surface area contributed by atoms with Gasteiger partial charge in [0.2, 0.25) is 0 Å². The lowest BCUT2D eigenvalue weighted by atomic mass is 10.0. The third kappa shape index (κ3) is 2.36. The van der Waals surface area contributed by atoms with E-state index in [-0.39, 0.29) is 13.2 Å². The number of amides is 1. The van der Waals surface area contributed by atoms with Gasteiger partial charge in [-0.2, -0.15) is 0 Å². The maximum absolute atomic E-state index is 10.0. The smallest absolute Gasteiger partial charge is 0.404 e. The van der Waals surface area contributed by atoms with Gasteiger partial charge in [-0.25, -0.2) is 4.79 Å². The van der Waals surface area contributed by atoms with Gasteiger partial charge in [-0.1, -0.05) is 0 Å². The number of hydrogen-bond acceptors (Lipinski definition) is 3. The van der Waals surface area contributed by atoms with Crippen molar-refractivity contribution in [1.29, 1.82) is 0 Å². The maximum Gasteiger partial charge on any atom is 0.404 e. The van der Waals surface area contributed by atoms with Crippen molar-refractivity contribution in [3.63, 3.8) is 0 Å². The number of aliphatic hydroxyl groups is 1. The molecule has 1 aliphatic heterocycles. The van der Waals surface area contributed by atoms with Crippen LogP contribution in [0.3, 0.4) is 0 Å². The second kappa shape index (κ2) is 3.06. The first kappa shape index (κ1) is 8.29. The molecule has 1 fully saturated rings. The SMILES string of the molecule is O=C(O)NCC1(O)CCOC1. The molecule has 0 spiro atoms. The van der Waals surface area contributed by atoms with Crippen molar-refractivity contribution in [2.24, 2.45) is 0 Å². The molecule has 0 aromatic heterocycles. The van der Waals surface area contributed by atoms with Crippen LogP contribution in [0.2, 0.25) is 0 Å². The van der Waals surface area contributed by atoms with E-state index < -0.39 is 11.7 Å². The minimum absolute atomic E-state index is 0.0440. The molecule has 0 aliphatic carbocycles. The summed E-state index contributed by atoms with van der Waals surface area (Å²) < 4.78 is 4.91. The zero-order valence-corrected chi connectivity index (χ0v) is 6.04. The number of ether oxygens (including phenoxy) is 1. The molecule has 0 radical (unpaired) electrons. The first-order valence-electron chi connectivity index (χ1n) is 3.39. The Morgan fingerprint density at radius 1 is 1.73 bits per heavy atom. The van der Waals surface area contributed by atoms with Crippen LogP contribution in [0.5, 0.6) is 0 Å². The average Bonchev–Trinajstić information content (AvgIpc) is 2.33. The molecule has 1 aliphatic rings. The van der Waals surface area contributed by atoms with Crippen LogP contribution in [0.1, 0.15) is 6.42 Å². The van der Waals surface area contributed by atoms with E-state index in [4.69, 9.17) is 9.84 Å². The maximum atomic E-state index is 10.0. The summed E-state index contributed by atoms with van der Waals surface area (Å²) in [6.07, 6.45) is -0.627. The Hall–Kier alpha value is -0.810. The van der Waals surface area contributed by atoms with Gasteiger partial charge in [-0.3, -0.25) is 0 Å². The fourth-order valence-electron chi connectivity index (χ4n) is 0.976. The highest BCUT2D eigenvalue weighted by molar-refractivity contribution is 5.64. The molecular formula is C6H11NO4. The van der Waals surface area contributed by atoms with Gasteiger partial charge in [0, 0.05) is 13.0 Å². The highest BCUT2D eigenvalue weighted by Crippen LogP contribution is 2.16. The number of carboxylic acid groups (broad SMARTS) is 1. The Morgan fingerprint density at radius 3 is 2.91 bits per heavy atom. The van der Waals surface area contributed by atoms with Crippen LogP contribution in [0.15, 0.2) is 0 Å². The van der Waals surface area contributed by atoms with Gasteiger partial charge in [0.1, 0.15) is 5.60 Å². The van der Waals surface area contributed by atoms with Crippen molar-refractivity contribution in [1.82, 2.24) is 5.32 Å². The largest absolute Gasteiger partial charge is 0.465 e. The van der Waals surface area contributed by atoms with Crippen LogP contribution >= 0.6 is 0 Å². The number of nitrogens with one attached hydrogen (secondary N) is 1. The van der Waals surface area contributed by atoms with E-state index in [1.54, 1.807) is 0 Å². The highest BCUT2D eigenvalue weighted by Gasteiger charge is 2.32. The molecule has 1 unspecified atom stereocenters. The van der Waals surface area contributed by atoms with Gasteiger partial charge in [-0.15, -0.1) is 0 Å². The molecule has 0 bridgehead atoms. The molecule has 64 valence electrons. The Kier molecular flexibility index (Phi) is 2.31. The normalized spacial score (nSPS) is 30.3. The van der Waals surface area contributed by atoms with Gasteiger partial charge in [0.25, 0.3) is 0 Å². The molecule has 0 saturated carbocycles. The quantitative estimate of drug-likeness (QED) is 0.505. The second-order valence-electron chi connectivity index (χ2n) is 2.69. The van der Waals surface area contributed by atoms with Crippen molar-refractivity contribution in [2.75, 3.05) is 19.8 Å². The van der Waals surface area contributed by atoms with Gasteiger partial charge >= 0.3 is 6.09 Å². The molecule has 1 heterocycles. The standard InChI is InChI=1S/C6H11NO4/c8-5(9)7-3-6(10)1-2-11-4-6/h7,10H,1-4H2,(H,8,9). The first-order chi connectivity index (χ1) is 5.12.